The molecule has 208 valence electrons. The molecule has 0 amide bonds. The van der Waals surface area contributed by atoms with Gasteiger partial charge in [0.05, 0.1) is 11.6 Å². The number of aryl methyl sites for hydroxylation is 1. The average Bonchev–Trinajstić information content (AvgIpc) is 3.43. The van der Waals surface area contributed by atoms with Gasteiger partial charge in [-0.15, -0.1) is 0 Å². The SMILES string of the molecule is Cc1ccc2c(c1)N1[C@@H](C=C2)C2(C(=O)c3ccccc3C2=O)[C@H](c2ccc(C(F)(F)F)cc2)[C@@H]1C(=O)c1ccccc1. The normalized spacial score (nSPS) is 21.8. The number of anilines is 1. The molecule has 42 heavy (non-hydrogen) atoms. The standard InChI is InChI=1S/C35H24F3NO3/c1-20-11-12-21-15-18-28-34(32(41)25-9-5-6-10-26(25)33(34)42)29(22-13-16-24(17-14-22)35(36,37)38)30(39(28)27(21)19-20)31(40)23-7-3-2-4-8-23/h2-19,28-30H,1H3/t28-,29+,30+/m0/s1. The molecule has 2 aliphatic heterocycles. The number of benzene rings is 4. The van der Waals surface area contributed by atoms with Crippen LogP contribution in [0.1, 0.15) is 59.2 Å². The minimum Gasteiger partial charge on any atom is -0.352 e. The lowest BCUT2D eigenvalue weighted by atomic mass is 9.64. The highest BCUT2D eigenvalue weighted by Gasteiger charge is 2.71. The summed E-state index contributed by atoms with van der Waals surface area (Å²) in [6, 6.07) is 23.6. The lowest BCUT2D eigenvalue weighted by molar-refractivity contribution is -0.137. The number of rotatable bonds is 3. The summed E-state index contributed by atoms with van der Waals surface area (Å²) in [5, 5.41) is 0. The van der Waals surface area contributed by atoms with Gasteiger partial charge < -0.3 is 4.90 Å². The molecule has 0 aromatic heterocycles. The molecule has 2 heterocycles. The van der Waals surface area contributed by atoms with Crippen molar-refractivity contribution < 1.29 is 27.6 Å². The van der Waals surface area contributed by atoms with Crippen LogP contribution < -0.4 is 4.90 Å². The van der Waals surface area contributed by atoms with Crippen molar-refractivity contribution in [3.63, 3.8) is 0 Å². The monoisotopic (exact) mass is 563 g/mol. The Balaban J connectivity index is 1.54. The molecular weight excluding hydrogens is 539 g/mol. The van der Waals surface area contributed by atoms with Crippen LogP contribution in [0.3, 0.4) is 0 Å². The summed E-state index contributed by atoms with van der Waals surface area (Å²) in [6.45, 7) is 1.92. The van der Waals surface area contributed by atoms with Crippen LogP contribution in [0.15, 0.2) is 103 Å². The Morgan fingerprint density at radius 2 is 1.43 bits per heavy atom. The fraction of sp³-hybridized carbons (Fsp3) is 0.171. The summed E-state index contributed by atoms with van der Waals surface area (Å²) >= 11 is 0. The van der Waals surface area contributed by atoms with Crippen molar-refractivity contribution in [1.29, 1.82) is 0 Å². The zero-order valence-electron chi connectivity index (χ0n) is 22.4. The zero-order chi connectivity index (χ0) is 29.4. The number of halogens is 3. The summed E-state index contributed by atoms with van der Waals surface area (Å²) in [4.78, 5) is 45.6. The highest BCUT2D eigenvalue weighted by Crippen LogP contribution is 2.61. The highest BCUT2D eigenvalue weighted by molar-refractivity contribution is 6.32. The van der Waals surface area contributed by atoms with E-state index in [-0.39, 0.29) is 16.9 Å². The predicted molar refractivity (Wildman–Crippen MR) is 153 cm³/mol. The number of hydrogen-bond donors (Lipinski definition) is 0. The van der Waals surface area contributed by atoms with E-state index in [4.69, 9.17) is 0 Å². The fourth-order valence-corrected chi connectivity index (χ4v) is 7.10. The molecule has 4 aromatic rings. The maximum Gasteiger partial charge on any atom is 0.416 e. The van der Waals surface area contributed by atoms with E-state index < -0.39 is 46.7 Å². The van der Waals surface area contributed by atoms with E-state index >= 15 is 0 Å². The minimum absolute atomic E-state index is 0.260. The van der Waals surface area contributed by atoms with Crippen LogP contribution in [-0.2, 0) is 6.18 Å². The van der Waals surface area contributed by atoms with Crippen molar-refractivity contribution in [3.8, 4) is 0 Å². The zero-order valence-corrected chi connectivity index (χ0v) is 22.4. The molecule has 3 atom stereocenters. The maximum atomic E-state index is 14.6. The van der Waals surface area contributed by atoms with Gasteiger partial charge >= 0.3 is 6.18 Å². The van der Waals surface area contributed by atoms with Gasteiger partial charge in [0.25, 0.3) is 0 Å². The molecule has 4 nitrogen and oxygen atoms in total. The minimum atomic E-state index is -4.57. The number of ketones is 3. The van der Waals surface area contributed by atoms with Gasteiger partial charge in [-0.25, -0.2) is 0 Å². The quantitative estimate of drug-likeness (QED) is 0.194. The maximum absolute atomic E-state index is 14.6. The largest absolute Gasteiger partial charge is 0.416 e. The number of carbonyl (C=O) groups is 3. The number of Topliss-reactive ketones (excluding diaryl/α,β-unsaturated/α-hetero) is 3. The fourth-order valence-electron chi connectivity index (χ4n) is 7.10. The van der Waals surface area contributed by atoms with Crippen molar-refractivity contribution in [2.24, 2.45) is 5.41 Å². The smallest absolute Gasteiger partial charge is 0.352 e. The highest BCUT2D eigenvalue weighted by atomic mass is 19.4. The Bertz CT molecular complexity index is 1770. The molecule has 1 fully saturated rings. The van der Waals surface area contributed by atoms with Crippen molar-refractivity contribution >= 4 is 29.1 Å². The van der Waals surface area contributed by atoms with Gasteiger partial charge in [-0.3, -0.25) is 14.4 Å². The molecule has 0 radical (unpaired) electrons. The summed E-state index contributed by atoms with van der Waals surface area (Å²) in [5.74, 6) is -2.23. The molecule has 0 N–H and O–H groups in total. The average molecular weight is 564 g/mol. The molecule has 7 rings (SSSR count). The van der Waals surface area contributed by atoms with Crippen LogP contribution in [0.25, 0.3) is 6.08 Å². The van der Waals surface area contributed by atoms with Crippen LogP contribution in [0, 0.1) is 12.3 Å². The summed E-state index contributed by atoms with van der Waals surface area (Å²) in [6.07, 6.45) is -0.911. The van der Waals surface area contributed by atoms with Crippen molar-refractivity contribution in [2.75, 3.05) is 4.90 Å². The Hall–Kier alpha value is -4.78. The molecule has 7 heteroatoms. The summed E-state index contributed by atoms with van der Waals surface area (Å²) in [5.41, 5.74) is 1.05. The van der Waals surface area contributed by atoms with Crippen molar-refractivity contribution in [2.45, 2.75) is 31.1 Å². The Kier molecular flexibility index (Phi) is 5.67. The van der Waals surface area contributed by atoms with Gasteiger partial charge in [0, 0.05) is 28.3 Å². The topological polar surface area (TPSA) is 54.5 Å². The molecule has 0 bridgehead atoms. The van der Waals surface area contributed by atoms with Crippen LogP contribution in [0.5, 0.6) is 0 Å². The van der Waals surface area contributed by atoms with Crippen LogP contribution >= 0.6 is 0 Å². The Morgan fingerprint density at radius 3 is 2.05 bits per heavy atom. The second-order valence-electron chi connectivity index (χ2n) is 11.1. The van der Waals surface area contributed by atoms with E-state index in [0.29, 0.717) is 16.8 Å². The molecule has 4 aromatic carbocycles. The first kappa shape index (κ1) is 26.1. The van der Waals surface area contributed by atoms with E-state index in [9.17, 15) is 27.6 Å². The number of nitrogens with zero attached hydrogens (tertiary/aromatic N) is 1. The van der Waals surface area contributed by atoms with Crippen molar-refractivity contribution in [3.05, 3.63) is 142 Å². The molecule has 3 aliphatic rings. The number of hydrogen-bond acceptors (Lipinski definition) is 4. The molecule has 1 spiro atoms. The van der Waals surface area contributed by atoms with Gasteiger partial charge in [0.15, 0.2) is 17.3 Å². The second-order valence-corrected chi connectivity index (χ2v) is 11.1. The van der Waals surface area contributed by atoms with Gasteiger partial charge in [-0.2, -0.15) is 13.2 Å². The van der Waals surface area contributed by atoms with Gasteiger partial charge in [0.2, 0.25) is 0 Å². The van der Waals surface area contributed by atoms with E-state index in [1.54, 1.807) is 60.7 Å². The number of fused-ring (bicyclic) bond motifs is 5. The third-order valence-corrected chi connectivity index (χ3v) is 8.89. The van der Waals surface area contributed by atoms with E-state index in [2.05, 4.69) is 0 Å². The van der Waals surface area contributed by atoms with Crippen LogP contribution in [0.4, 0.5) is 18.9 Å². The molecule has 0 unspecified atom stereocenters. The van der Waals surface area contributed by atoms with E-state index in [1.807, 2.05) is 36.1 Å². The van der Waals surface area contributed by atoms with Gasteiger partial charge in [-0.1, -0.05) is 91.0 Å². The Labute approximate surface area is 240 Å². The lowest BCUT2D eigenvalue weighted by Crippen LogP contribution is -2.48. The van der Waals surface area contributed by atoms with Crippen LogP contribution in [-0.4, -0.2) is 29.4 Å². The Morgan fingerprint density at radius 1 is 0.810 bits per heavy atom. The first-order chi connectivity index (χ1) is 20.1. The third kappa shape index (κ3) is 3.52. The third-order valence-electron chi connectivity index (χ3n) is 8.89. The molecular formula is C35H24F3NO3. The van der Waals surface area contributed by atoms with E-state index in [0.717, 1.165) is 23.3 Å². The van der Waals surface area contributed by atoms with Gasteiger partial charge in [-0.05, 0) is 41.8 Å². The predicted octanol–water partition coefficient (Wildman–Crippen LogP) is 7.33. The first-order valence-corrected chi connectivity index (χ1v) is 13.7. The van der Waals surface area contributed by atoms with Crippen LogP contribution in [0.2, 0.25) is 0 Å². The van der Waals surface area contributed by atoms with Gasteiger partial charge in [0.1, 0.15) is 11.5 Å². The number of carbonyl (C=O) groups excluding carboxylic acids is 3. The van der Waals surface area contributed by atoms with E-state index in [1.165, 1.54) is 12.1 Å². The molecule has 0 saturated carbocycles. The lowest BCUT2D eigenvalue weighted by Gasteiger charge is -2.37. The molecule has 1 aliphatic carbocycles. The first-order valence-electron chi connectivity index (χ1n) is 13.7. The molecule has 1 saturated heterocycles. The summed E-state index contributed by atoms with van der Waals surface area (Å²) in [7, 11) is 0. The number of alkyl halides is 3. The summed E-state index contributed by atoms with van der Waals surface area (Å²) < 4.78 is 40.8. The second kappa shape index (κ2) is 9.11. The van der Waals surface area contributed by atoms with Crippen molar-refractivity contribution in [1.82, 2.24) is 0 Å².